The van der Waals surface area contributed by atoms with Crippen LogP contribution in [0.25, 0.3) is 0 Å². The molecule has 0 spiro atoms. The fourth-order valence-corrected chi connectivity index (χ4v) is 1.44. The Kier molecular flexibility index (Phi) is 3.43. The van der Waals surface area contributed by atoms with Crippen LogP contribution in [0.5, 0.6) is 0 Å². The molecule has 14 heavy (non-hydrogen) atoms. The fourth-order valence-electron chi connectivity index (χ4n) is 1.44. The number of hydrogen-bond acceptors (Lipinski definition) is 5. The summed E-state index contributed by atoms with van der Waals surface area (Å²) in [6, 6.07) is -0.987. The standard InChI is InChI=1S/C8H15NO5/c1-3-6(11)7(12)5(8(13)14-3)9-4(2)10/h3,5-8,11-13H,1-2H3,(H,9,10)/t3-,5-,6-,7-,8+/m0/s1. The number of carbonyl (C=O) groups is 1. The molecule has 1 aliphatic rings. The van der Waals surface area contributed by atoms with Crippen LogP contribution in [-0.2, 0) is 9.53 Å². The number of amides is 1. The molecule has 1 rings (SSSR count). The number of hydrogen-bond donors (Lipinski definition) is 4. The molecular formula is C8H15NO5. The Morgan fingerprint density at radius 3 is 2.36 bits per heavy atom. The van der Waals surface area contributed by atoms with Gasteiger partial charge in [0.25, 0.3) is 0 Å². The van der Waals surface area contributed by atoms with Crippen molar-refractivity contribution in [3.63, 3.8) is 0 Å². The predicted octanol–water partition coefficient (Wildman–Crippen LogP) is -2.05. The van der Waals surface area contributed by atoms with E-state index in [4.69, 9.17) is 4.74 Å². The first kappa shape index (κ1) is 11.4. The molecule has 4 N–H and O–H groups in total. The van der Waals surface area contributed by atoms with E-state index >= 15 is 0 Å². The number of carbonyl (C=O) groups excluding carboxylic acids is 1. The zero-order valence-electron chi connectivity index (χ0n) is 8.04. The van der Waals surface area contributed by atoms with Crippen molar-refractivity contribution >= 4 is 5.91 Å². The summed E-state index contributed by atoms with van der Waals surface area (Å²) >= 11 is 0. The Hall–Kier alpha value is -0.690. The molecular weight excluding hydrogens is 190 g/mol. The Labute approximate surface area is 81.5 Å². The minimum absolute atomic E-state index is 0.404. The maximum absolute atomic E-state index is 10.7. The highest BCUT2D eigenvalue weighted by molar-refractivity contribution is 5.73. The van der Waals surface area contributed by atoms with Gasteiger partial charge < -0.3 is 25.4 Å². The maximum atomic E-state index is 10.7. The topological polar surface area (TPSA) is 99.0 Å². The molecule has 6 heteroatoms. The molecule has 0 unspecified atom stereocenters. The second-order valence-electron chi connectivity index (χ2n) is 3.44. The lowest BCUT2D eigenvalue weighted by atomic mass is 9.98. The van der Waals surface area contributed by atoms with E-state index in [1.165, 1.54) is 13.8 Å². The molecule has 5 atom stereocenters. The number of aliphatic hydroxyl groups excluding tert-OH is 3. The summed E-state index contributed by atoms with van der Waals surface area (Å²) in [5.74, 6) is -0.404. The van der Waals surface area contributed by atoms with Crippen molar-refractivity contribution in [2.24, 2.45) is 0 Å². The molecule has 1 aliphatic heterocycles. The highest BCUT2D eigenvalue weighted by Gasteiger charge is 2.42. The van der Waals surface area contributed by atoms with Crippen molar-refractivity contribution in [3.05, 3.63) is 0 Å². The van der Waals surface area contributed by atoms with Gasteiger partial charge in [0.2, 0.25) is 5.91 Å². The molecule has 0 aromatic heterocycles. The lowest BCUT2D eigenvalue weighted by Gasteiger charge is -2.39. The van der Waals surface area contributed by atoms with Gasteiger partial charge in [-0.3, -0.25) is 4.79 Å². The van der Waals surface area contributed by atoms with Crippen molar-refractivity contribution in [2.45, 2.75) is 44.5 Å². The largest absolute Gasteiger partial charge is 0.388 e. The van der Waals surface area contributed by atoms with Gasteiger partial charge >= 0.3 is 0 Å². The van der Waals surface area contributed by atoms with Gasteiger partial charge in [-0.15, -0.1) is 0 Å². The van der Waals surface area contributed by atoms with Crippen molar-refractivity contribution < 1.29 is 24.9 Å². The Morgan fingerprint density at radius 2 is 1.86 bits per heavy atom. The monoisotopic (exact) mass is 205 g/mol. The number of ether oxygens (including phenoxy) is 1. The van der Waals surface area contributed by atoms with Crippen LogP contribution in [0.3, 0.4) is 0 Å². The summed E-state index contributed by atoms with van der Waals surface area (Å²) in [5, 5.41) is 30.6. The molecule has 1 heterocycles. The van der Waals surface area contributed by atoms with Crippen LogP contribution in [-0.4, -0.2) is 51.9 Å². The highest BCUT2D eigenvalue weighted by atomic mass is 16.6. The van der Waals surface area contributed by atoms with E-state index in [1.807, 2.05) is 0 Å². The summed E-state index contributed by atoms with van der Waals surface area (Å²) < 4.78 is 4.91. The summed E-state index contributed by atoms with van der Waals surface area (Å²) in [6.45, 7) is 2.78. The smallest absolute Gasteiger partial charge is 0.217 e. The van der Waals surface area contributed by atoms with E-state index in [-0.39, 0.29) is 0 Å². The quantitative estimate of drug-likeness (QED) is 0.395. The van der Waals surface area contributed by atoms with Crippen LogP contribution in [0, 0.1) is 0 Å². The molecule has 0 aromatic rings. The molecule has 1 fully saturated rings. The van der Waals surface area contributed by atoms with E-state index in [0.717, 1.165) is 0 Å². The average Bonchev–Trinajstić information content (AvgIpc) is 2.09. The molecule has 1 amide bonds. The van der Waals surface area contributed by atoms with Gasteiger partial charge in [0.1, 0.15) is 18.2 Å². The second-order valence-corrected chi connectivity index (χ2v) is 3.44. The zero-order chi connectivity index (χ0) is 10.9. The second kappa shape index (κ2) is 4.22. The first-order valence-corrected chi connectivity index (χ1v) is 4.40. The van der Waals surface area contributed by atoms with Gasteiger partial charge in [-0.1, -0.05) is 0 Å². The molecule has 0 aliphatic carbocycles. The minimum atomic E-state index is -1.30. The van der Waals surface area contributed by atoms with Gasteiger partial charge in [-0.25, -0.2) is 0 Å². The van der Waals surface area contributed by atoms with E-state index in [0.29, 0.717) is 0 Å². The SMILES string of the molecule is CC(=O)N[C@H]1[C@H](O)[C@@H](O)[C@H](C)O[C@H]1O. The maximum Gasteiger partial charge on any atom is 0.217 e. The number of nitrogens with one attached hydrogen (secondary N) is 1. The van der Waals surface area contributed by atoms with Crippen LogP contribution in [0.15, 0.2) is 0 Å². The van der Waals surface area contributed by atoms with Gasteiger partial charge in [0.05, 0.1) is 6.10 Å². The van der Waals surface area contributed by atoms with E-state index < -0.39 is 36.6 Å². The Balaban J connectivity index is 2.68. The number of aliphatic hydroxyl groups is 3. The molecule has 6 nitrogen and oxygen atoms in total. The Bertz CT molecular complexity index is 222. The molecule has 0 aromatic carbocycles. The van der Waals surface area contributed by atoms with Gasteiger partial charge in [-0.2, -0.15) is 0 Å². The Morgan fingerprint density at radius 1 is 1.29 bits per heavy atom. The average molecular weight is 205 g/mol. The van der Waals surface area contributed by atoms with Crippen molar-refractivity contribution in [1.29, 1.82) is 0 Å². The number of rotatable bonds is 1. The van der Waals surface area contributed by atoms with E-state index in [9.17, 15) is 20.1 Å². The van der Waals surface area contributed by atoms with Crippen LogP contribution in [0.4, 0.5) is 0 Å². The third kappa shape index (κ3) is 2.21. The van der Waals surface area contributed by atoms with Crippen molar-refractivity contribution in [3.8, 4) is 0 Å². The van der Waals surface area contributed by atoms with Crippen LogP contribution in [0.2, 0.25) is 0 Å². The first-order valence-electron chi connectivity index (χ1n) is 4.40. The van der Waals surface area contributed by atoms with Crippen molar-refractivity contribution in [2.75, 3.05) is 0 Å². The summed E-state index contributed by atoms with van der Waals surface area (Å²) in [6.07, 6.45) is -4.30. The molecule has 82 valence electrons. The summed E-state index contributed by atoms with van der Waals surface area (Å²) in [4.78, 5) is 10.7. The van der Waals surface area contributed by atoms with Gasteiger partial charge in [-0.05, 0) is 6.92 Å². The van der Waals surface area contributed by atoms with Crippen molar-refractivity contribution in [1.82, 2.24) is 5.32 Å². The molecule has 1 saturated heterocycles. The molecule has 0 bridgehead atoms. The zero-order valence-corrected chi connectivity index (χ0v) is 8.04. The lowest BCUT2D eigenvalue weighted by molar-refractivity contribution is -0.242. The minimum Gasteiger partial charge on any atom is -0.388 e. The van der Waals surface area contributed by atoms with E-state index in [1.54, 1.807) is 0 Å². The first-order chi connectivity index (χ1) is 6.43. The van der Waals surface area contributed by atoms with Crippen LogP contribution < -0.4 is 5.32 Å². The fraction of sp³-hybridized carbons (Fsp3) is 0.875. The summed E-state index contributed by atoms with van der Waals surface area (Å²) in [5.41, 5.74) is 0. The van der Waals surface area contributed by atoms with Gasteiger partial charge in [0, 0.05) is 6.92 Å². The third-order valence-corrected chi connectivity index (χ3v) is 2.23. The normalized spacial score (nSPS) is 43.4. The van der Waals surface area contributed by atoms with Crippen LogP contribution >= 0.6 is 0 Å². The summed E-state index contributed by atoms with van der Waals surface area (Å²) in [7, 11) is 0. The molecule has 0 saturated carbocycles. The predicted molar refractivity (Wildman–Crippen MR) is 46.2 cm³/mol. The molecule has 0 radical (unpaired) electrons. The lowest BCUT2D eigenvalue weighted by Crippen LogP contribution is -2.62. The van der Waals surface area contributed by atoms with E-state index in [2.05, 4.69) is 5.32 Å². The highest BCUT2D eigenvalue weighted by Crippen LogP contribution is 2.19. The van der Waals surface area contributed by atoms with Gasteiger partial charge in [0.15, 0.2) is 6.29 Å². The van der Waals surface area contributed by atoms with Crippen LogP contribution in [0.1, 0.15) is 13.8 Å². The third-order valence-electron chi connectivity index (χ3n) is 2.23.